The number of fused-ring (bicyclic) bond motifs is 1. The molecule has 0 radical (unpaired) electrons. The molecule has 0 N–H and O–H groups in total. The number of benzene rings is 2. The van der Waals surface area contributed by atoms with Gasteiger partial charge in [-0.15, -0.1) is 0 Å². The second-order valence-corrected chi connectivity index (χ2v) is 7.21. The van der Waals surface area contributed by atoms with E-state index in [1.165, 1.54) is 0 Å². The molecular weight excluding hydrogens is 392 g/mol. The highest BCUT2D eigenvalue weighted by atomic mass is 16.5. The van der Waals surface area contributed by atoms with Crippen molar-refractivity contribution in [2.75, 3.05) is 20.8 Å². The summed E-state index contributed by atoms with van der Waals surface area (Å²) in [5.41, 5.74) is 2.33. The van der Waals surface area contributed by atoms with E-state index in [0.717, 1.165) is 11.1 Å². The number of hydrogen-bond acceptors (Lipinski definition) is 5. The number of nitrogens with zero attached hydrogens (tertiary/aromatic N) is 2. The van der Waals surface area contributed by atoms with E-state index in [1.807, 2.05) is 36.4 Å². The van der Waals surface area contributed by atoms with E-state index < -0.39 is 5.63 Å². The predicted octanol–water partition coefficient (Wildman–Crippen LogP) is 4.31. The summed E-state index contributed by atoms with van der Waals surface area (Å²) in [5.74, 6) is -0.195. The van der Waals surface area contributed by atoms with Gasteiger partial charge < -0.3 is 14.1 Å². The number of carbonyl (C=O) groups is 1. The van der Waals surface area contributed by atoms with Gasteiger partial charge in [0.05, 0.1) is 23.9 Å². The molecule has 6 heteroatoms. The number of methoxy groups -OCH3 is 1. The van der Waals surface area contributed by atoms with Crippen molar-refractivity contribution in [1.82, 2.24) is 9.88 Å². The van der Waals surface area contributed by atoms with Crippen molar-refractivity contribution in [3.05, 3.63) is 101 Å². The number of para-hydroxylation sites is 1. The summed E-state index contributed by atoms with van der Waals surface area (Å²) in [6, 6.07) is 21.3. The van der Waals surface area contributed by atoms with Crippen molar-refractivity contribution in [2.24, 2.45) is 0 Å². The fourth-order valence-corrected chi connectivity index (χ4v) is 3.55. The van der Waals surface area contributed by atoms with Crippen LogP contribution in [0.5, 0.6) is 0 Å². The Labute approximate surface area is 179 Å². The lowest BCUT2D eigenvalue weighted by Crippen LogP contribution is -2.34. The second-order valence-electron chi connectivity index (χ2n) is 7.21. The van der Waals surface area contributed by atoms with Crippen LogP contribution < -0.4 is 5.63 Å². The third kappa shape index (κ3) is 4.25. The molecule has 0 fully saturated rings. The van der Waals surface area contributed by atoms with Crippen molar-refractivity contribution in [1.29, 1.82) is 0 Å². The Morgan fingerprint density at radius 1 is 1.06 bits per heavy atom. The summed E-state index contributed by atoms with van der Waals surface area (Å²) in [5, 5.41) is 0.821. The van der Waals surface area contributed by atoms with Gasteiger partial charge in [-0.1, -0.05) is 36.4 Å². The molecule has 6 nitrogen and oxygen atoms in total. The minimum Gasteiger partial charge on any atom is -0.422 e. The van der Waals surface area contributed by atoms with Gasteiger partial charge in [0.25, 0.3) is 5.91 Å². The number of carbonyl (C=O) groups excluding carboxylic acids is 1. The van der Waals surface area contributed by atoms with E-state index in [4.69, 9.17) is 9.15 Å². The van der Waals surface area contributed by atoms with Crippen LogP contribution in [0.1, 0.15) is 22.1 Å². The number of hydrogen-bond donors (Lipinski definition) is 0. The van der Waals surface area contributed by atoms with E-state index in [-0.39, 0.29) is 11.9 Å². The van der Waals surface area contributed by atoms with Gasteiger partial charge in [-0.2, -0.15) is 0 Å². The van der Waals surface area contributed by atoms with E-state index in [0.29, 0.717) is 28.9 Å². The average molecular weight is 414 g/mol. The first-order chi connectivity index (χ1) is 15.1. The molecule has 1 unspecified atom stereocenters. The Morgan fingerprint density at radius 3 is 2.65 bits per heavy atom. The van der Waals surface area contributed by atoms with Crippen LogP contribution in [0.2, 0.25) is 0 Å². The first kappa shape index (κ1) is 20.5. The maximum absolute atomic E-state index is 13.3. The number of rotatable bonds is 6. The first-order valence-corrected chi connectivity index (χ1v) is 9.89. The Kier molecular flexibility index (Phi) is 5.91. The molecule has 0 aliphatic carbocycles. The minimum absolute atomic E-state index is 0.195. The predicted molar refractivity (Wildman–Crippen MR) is 119 cm³/mol. The lowest BCUT2D eigenvalue weighted by molar-refractivity contribution is 0.0595. The van der Waals surface area contributed by atoms with E-state index in [1.54, 1.807) is 61.7 Å². The Hall–Kier alpha value is -3.77. The number of ether oxygens (including phenoxy) is 1. The maximum atomic E-state index is 13.3. The van der Waals surface area contributed by atoms with Crippen LogP contribution in [-0.2, 0) is 4.74 Å². The van der Waals surface area contributed by atoms with Gasteiger partial charge in [0.15, 0.2) is 0 Å². The number of likely N-dealkylation sites (N-methyl/N-ethyl adjacent to an activating group) is 1. The highest BCUT2D eigenvalue weighted by Gasteiger charge is 2.24. The molecule has 1 atom stereocenters. The molecule has 1 amide bonds. The molecule has 2 aromatic heterocycles. The largest absolute Gasteiger partial charge is 0.422 e. The van der Waals surface area contributed by atoms with E-state index in [2.05, 4.69) is 4.98 Å². The summed E-state index contributed by atoms with van der Waals surface area (Å²) in [6.45, 7) is 0.313. The van der Waals surface area contributed by atoms with Crippen LogP contribution in [0.25, 0.3) is 22.1 Å². The fraction of sp³-hybridized carbons (Fsp3) is 0.160. The molecule has 0 spiro atoms. The number of aromatic nitrogens is 1. The van der Waals surface area contributed by atoms with Crippen LogP contribution in [-0.4, -0.2) is 36.6 Å². The van der Waals surface area contributed by atoms with Crippen molar-refractivity contribution in [2.45, 2.75) is 6.04 Å². The summed E-state index contributed by atoms with van der Waals surface area (Å²) in [7, 11) is 3.31. The molecule has 31 heavy (non-hydrogen) atoms. The molecule has 156 valence electrons. The fourth-order valence-electron chi connectivity index (χ4n) is 3.55. The van der Waals surface area contributed by atoms with Crippen LogP contribution in [0.4, 0.5) is 0 Å². The van der Waals surface area contributed by atoms with Crippen LogP contribution in [0.3, 0.4) is 0 Å². The van der Waals surface area contributed by atoms with E-state index in [9.17, 15) is 9.59 Å². The topological polar surface area (TPSA) is 72.6 Å². The second kappa shape index (κ2) is 8.93. The van der Waals surface area contributed by atoms with Crippen molar-refractivity contribution in [3.63, 3.8) is 0 Å². The van der Waals surface area contributed by atoms with Gasteiger partial charge in [0.1, 0.15) is 5.58 Å². The van der Waals surface area contributed by atoms with Gasteiger partial charge in [0, 0.05) is 31.3 Å². The van der Waals surface area contributed by atoms with Crippen LogP contribution in [0.15, 0.2) is 88.2 Å². The Bertz CT molecular complexity index is 1270. The number of amides is 1. The SMILES string of the molecule is COCC(c1ccccn1)N(C)C(=O)c1cccc(-c2cc3ccccc3oc2=O)c1. The molecule has 2 aromatic carbocycles. The van der Waals surface area contributed by atoms with Gasteiger partial charge in [-0.3, -0.25) is 9.78 Å². The third-order valence-corrected chi connectivity index (χ3v) is 5.20. The third-order valence-electron chi connectivity index (χ3n) is 5.20. The molecule has 4 rings (SSSR count). The van der Waals surface area contributed by atoms with E-state index >= 15 is 0 Å². The minimum atomic E-state index is -0.442. The molecule has 0 bridgehead atoms. The smallest absolute Gasteiger partial charge is 0.344 e. The molecule has 2 heterocycles. The molecule has 4 aromatic rings. The zero-order valence-electron chi connectivity index (χ0n) is 17.3. The Balaban J connectivity index is 1.68. The zero-order chi connectivity index (χ0) is 21.8. The summed E-state index contributed by atoms with van der Waals surface area (Å²) < 4.78 is 10.8. The molecule has 0 aliphatic rings. The lowest BCUT2D eigenvalue weighted by Gasteiger charge is -2.27. The monoisotopic (exact) mass is 414 g/mol. The highest BCUT2D eigenvalue weighted by molar-refractivity contribution is 5.95. The zero-order valence-corrected chi connectivity index (χ0v) is 17.3. The number of pyridine rings is 1. The molecule has 0 saturated carbocycles. The molecular formula is C25H22N2O4. The maximum Gasteiger partial charge on any atom is 0.344 e. The molecule has 0 saturated heterocycles. The quantitative estimate of drug-likeness (QED) is 0.440. The van der Waals surface area contributed by atoms with Gasteiger partial charge in [-0.25, -0.2) is 4.79 Å². The van der Waals surface area contributed by atoms with Crippen molar-refractivity contribution >= 4 is 16.9 Å². The first-order valence-electron chi connectivity index (χ1n) is 9.89. The van der Waals surface area contributed by atoms with Crippen molar-refractivity contribution < 1.29 is 13.9 Å². The molecule has 0 aliphatic heterocycles. The van der Waals surface area contributed by atoms with Gasteiger partial charge in [0.2, 0.25) is 0 Å². The summed E-state index contributed by atoms with van der Waals surface area (Å²) in [6.07, 6.45) is 1.69. The summed E-state index contributed by atoms with van der Waals surface area (Å²) in [4.78, 5) is 31.8. The highest BCUT2D eigenvalue weighted by Crippen LogP contribution is 2.24. The van der Waals surface area contributed by atoms with Gasteiger partial charge >= 0.3 is 5.63 Å². The average Bonchev–Trinajstić information content (AvgIpc) is 2.82. The van der Waals surface area contributed by atoms with Gasteiger partial charge in [-0.05, 0) is 42.0 Å². The normalized spacial score (nSPS) is 11.9. The standard InChI is InChI=1S/C25H22N2O4/c1-27(22(16-30-2)21-11-5-6-13-26-21)24(28)19-10-7-9-17(14-19)20-15-18-8-3-4-12-23(18)31-25(20)29/h3-15,22H,16H2,1-2H3. The van der Waals surface area contributed by atoms with Crippen molar-refractivity contribution in [3.8, 4) is 11.1 Å². The van der Waals surface area contributed by atoms with Crippen LogP contribution in [0, 0.1) is 0 Å². The Morgan fingerprint density at radius 2 is 1.87 bits per heavy atom. The summed E-state index contributed by atoms with van der Waals surface area (Å²) >= 11 is 0. The van der Waals surface area contributed by atoms with Crippen LogP contribution >= 0.6 is 0 Å². The lowest BCUT2D eigenvalue weighted by atomic mass is 10.0.